The number of aliphatic carboxylic acids is 1. The molecule has 0 aliphatic carbocycles. The number of nitrogens with two attached hydrogens (primary N) is 2. The number of aryl methyl sites for hydroxylation is 1. The molecule has 0 bridgehead atoms. The molecule has 0 amide bonds. The minimum Gasteiger partial charge on any atom is -0.481 e. The average Bonchev–Trinajstić information content (AvgIpc) is 2.50. The molecule has 0 fully saturated rings. The molecule has 1 rings (SSSR count). The Kier molecular flexibility index (Phi) is 12.2. The number of carboxylic acids is 1. The molecule has 0 spiro atoms. The molecule has 1 aromatic rings. The number of carboxylic acid groups (broad SMARTS) is 1. The highest BCUT2D eigenvalue weighted by Gasteiger charge is 2.16. The largest absolute Gasteiger partial charge is 0.481 e. The fraction of sp³-hybridized carbons (Fsp3) is 0.467. The first-order valence-corrected chi connectivity index (χ1v) is 7.97. The molecule has 0 saturated carbocycles. The van der Waals surface area contributed by atoms with Gasteiger partial charge in [0.15, 0.2) is 0 Å². The lowest BCUT2D eigenvalue weighted by atomic mass is 10.2. The van der Waals surface area contributed by atoms with E-state index in [0.29, 0.717) is 5.75 Å². The summed E-state index contributed by atoms with van der Waals surface area (Å²) in [6.07, 6.45) is 0.751. The van der Waals surface area contributed by atoms with Crippen molar-refractivity contribution >= 4 is 24.0 Å². The Bertz CT molecular complexity index is 429. The van der Waals surface area contributed by atoms with Crippen LogP contribution in [0.15, 0.2) is 30.3 Å². The van der Waals surface area contributed by atoms with Crippen molar-refractivity contribution in [1.29, 1.82) is 0 Å². The molecule has 0 saturated heterocycles. The molecule has 1 atom stereocenters. The number of rotatable bonds is 8. The minimum absolute atomic E-state index is 0.0907. The normalized spacial score (nSPS) is 11.0. The van der Waals surface area contributed by atoms with Gasteiger partial charge in [0, 0.05) is 12.2 Å². The molecule has 7 heteroatoms. The van der Waals surface area contributed by atoms with Crippen LogP contribution in [0.1, 0.15) is 25.3 Å². The smallest absolute Gasteiger partial charge is 0.334 e. The van der Waals surface area contributed by atoms with E-state index in [2.05, 4.69) is 0 Å². The van der Waals surface area contributed by atoms with Gasteiger partial charge in [-0.3, -0.25) is 4.79 Å². The Balaban J connectivity index is 0.00000135. The molecule has 6 nitrogen and oxygen atoms in total. The zero-order valence-corrected chi connectivity index (χ0v) is 13.6. The molecule has 0 aliphatic heterocycles. The van der Waals surface area contributed by atoms with Gasteiger partial charge in [0.25, 0.3) is 0 Å². The van der Waals surface area contributed by atoms with Gasteiger partial charge >= 0.3 is 11.9 Å². The van der Waals surface area contributed by atoms with E-state index in [1.807, 2.05) is 37.3 Å². The number of carbonyl (C=O) groups is 2. The van der Waals surface area contributed by atoms with Crippen molar-refractivity contribution in [2.75, 3.05) is 12.3 Å². The average molecular weight is 328 g/mol. The lowest BCUT2D eigenvalue weighted by molar-refractivity contribution is -0.138. The van der Waals surface area contributed by atoms with E-state index in [1.54, 1.807) is 0 Å². The molecule has 5 N–H and O–H groups in total. The summed E-state index contributed by atoms with van der Waals surface area (Å²) in [7, 11) is 0. The van der Waals surface area contributed by atoms with Crippen molar-refractivity contribution in [2.45, 2.75) is 32.2 Å². The summed E-state index contributed by atoms with van der Waals surface area (Å²) < 4.78 is 4.92. The molecule has 1 unspecified atom stereocenters. The van der Waals surface area contributed by atoms with Crippen LogP contribution in [0.25, 0.3) is 0 Å². The number of benzene rings is 1. The Morgan fingerprint density at radius 3 is 2.45 bits per heavy atom. The molecule has 1 aromatic carbocycles. The molecular weight excluding hydrogens is 304 g/mol. The van der Waals surface area contributed by atoms with Crippen molar-refractivity contribution in [3.05, 3.63) is 35.9 Å². The summed E-state index contributed by atoms with van der Waals surface area (Å²) in [5.41, 5.74) is 11.5. The lowest BCUT2D eigenvalue weighted by Gasteiger charge is -2.08. The quantitative estimate of drug-likeness (QED) is 0.490. The predicted octanol–water partition coefficient (Wildman–Crippen LogP) is 1.58. The number of carbonyl (C=O) groups excluding carboxylic acids is 1. The van der Waals surface area contributed by atoms with Gasteiger partial charge in [0.05, 0.1) is 12.0 Å². The van der Waals surface area contributed by atoms with E-state index in [4.69, 9.17) is 20.8 Å². The Labute approximate surface area is 135 Å². The summed E-state index contributed by atoms with van der Waals surface area (Å²) in [6.45, 7) is 2.65. The Morgan fingerprint density at radius 1 is 1.32 bits per heavy atom. The second-order valence-corrected chi connectivity index (χ2v) is 5.22. The minimum atomic E-state index is -0.972. The molecule has 0 aromatic heterocycles. The summed E-state index contributed by atoms with van der Waals surface area (Å²) in [6, 6.07) is 8.97. The van der Waals surface area contributed by atoms with Crippen LogP contribution < -0.4 is 11.5 Å². The van der Waals surface area contributed by atoms with Gasteiger partial charge in [-0.2, -0.15) is 0 Å². The second-order valence-electron chi connectivity index (χ2n) is 4.41. The van der Waals surface area contributed by atoms with Gasteiger partial charge in [-0.15, -0.1) is 0 Å². The molecule has 0 aliphatic rings. The van der Waals surface area contributed by atoms with Crippen LogP contribution in [0.2, 0.25) is 0 Å². The molecule has 0 heterocycles. The van der Waals surface area contributed by atoms with Gasteiger partial charge in [0.1, 0.15) is 6.04 Å². The summed E-state index contributed by atoms with van der Waals surface area (Å²) in [5.74, 6) is -0.902. The number of hydrogen-bond donors (Lipinski definition) is 3. The van der Waals surface area contributed by atoms with Crippen molar-refractivity contribution in [1.82, 2.24) is 0 Å². The van der Waals surface area contributed by atoms with E-state index >= 15 is 0 Å². The van der Waals surface area contributed by atoms with Crippen LogP contribution >= 0.6 is 12.0 Å². The maximum absolute atomic E-state index is 11.4. The summed E-state index contributed by atoms with van der Waals surface area (Å²) in [4.78, 5) is 21.7. The fourth-order valence-electron chi connectivity index (χ4n) is 1.36. The van der Waals surface area contributed by atoms with Crippen LogP contribution in [-0.4, -0.2) is 35.4 Å². The Morgan fingerprint density at radius 2 is 1.91 bits per heavy atom. The highest BCUT2D eigenvalue weighted by atomic mass is 32.2. The van der Waals surface area contributed by atoms with Crippen molar-refractivity contribution in [3.63, 3.8) is 0 Å². The second kappa shape index (κ2) is 13.1. The first kappa shape index (κ1) is 20.4. The van der Waals surface area contributed by atoms with E-state index in [9.17, 15) is 9.59 Å². The first-order chi connectivity index (χ1) is 10.5. The van der Waals surface area contributed by atoms with Gasteiger partial charge in [-0.05, 0) is 24.9 Å². The maximum atomic E-state index is 11.4. The third kappa shape index (κ3) is 11.1. The molecule has 22 heavy (non-hydrogen) atoms. The van der Waals surface area contributed by atoms with E-state index in [-0.39, 0.29) is 12.8 Å². The lowest BCUT2D eigenvalue weighted by Crippen LogP contribution is -2.31. The third-order valence-electron chi connectivity index (χ3n) is 2.43. The SMILES string of the molecule is CCN.NC(CCC(=O)O)C(=O)OSCCc1ccccc1. The zero-order chi connectivity index (χ0) is 16.8. The van der Waals surface area contributed by atoms with Crippen LogP contribution in [0.5, 0.6) is 0 Å². The predicted molar refractivity (Wildman–Crippen MR) is 88.3 cm³/mol. The highest BCUT2D eigenvalue weighted by molar-refractivity contribution is 7.95. The van der Waals surface area contributed by atoms with Crippen molar-refractivity contribution in [3.8, 4) is 0 Å². The van der Waals surface area contributed by atoms with Crippen LogP contribution in [0, 0.1) is 0 Å². The van der Waals surface area contributed by atoms with Crippen LogP contribution in [0.4, 0.5) is 0 Å². The van der Waals surface area contributed by atoms with Gasteiger partial charge in [-0.1, -0.05) is 37.3 Å². The van der Waals surface area contributed by atoms with Crippen molar-refractivity contribution < 1.29 is 18.9 Å². The fourth-order valence-corrected chi connectivity index (χ4v) is 2.00. The number of hydrogen-bond acceptors (Lipinski definition) is 6. The summed E-state index contributed by atoms with van der Waals surface area (Å²) in [5, 5.41) is 8.47. The maximum Gasteiger partial charge on any atom is 0.334 e. The summed E-state index contributed by atoms with van der Waals surface area (Å²) >= 11 is 1.04. The van der Waals surface area contributed by atoms with Crippen LogP contribution in [0.3, 0.4) is 0 Å². The molecular formula is C15H24N2O4S. The molecule has 124 valence electrons. The van der Waals surface area contributed by atoms with Gasteiger partial charge in [-0.25, -0.2) is 4.79 Å². The van der Waals surface area contributed by atoms with Crippen molar-refractivity contribution in [2.24, 2.45) is 11.5 Å². The van der Waals surface area contributed by atoms with E-state index in [1.165, 1.54) is 5.56 Å². The topological polar surface area (TPSA) is 116 Å². The van der Waals surface area contributed by atoms with Gasteiger partial charge < -0.3 is 20.8 Å². The third-order valence-corrected chi connectivity index (χ3v) is 3.08. The molecule has 0 radical (unpaired) electrons. The monoisotopic (exact) mass is 328 g/mol. The van der Waals surface area contributed by atoms with Gasteiger partial charge in [0.2, 0.25) is 0 Å². The standard InChI is InChI=1S/C13H17NO4S.C2H7N/c14-11(6-7-12(15)16)13(17)18-19-9-8-10-4-2-1-3-5-10;1-2-3/h1-5,11H,6-9,14H2,(H,15,16);2-3H2,1H3. The van der Waals surface area contributed by atoms with Crippen LogP contribution in [-0.2, 0) is 20.2 Å². The zero-order valence-electron chi connectivity index (χ0n) is 12.7. The highest BCUT2D eigenvalue weighted by Crippen LogP contribution is 2.10. The first-order valence-electron chi connectivity index (χ1n) is 7.05. The van der Waals surface area contributed by atoms with E-state index < -0.39 is 18.0 Å². The van der Waals surface area contributed by atoms with E-state index in [0.717, 1.165) is 25.0 Å². The Hall–Kier alpha value is -1.57.